The minimum absolute atomic E-state index is 0.0453. The fraction of sp³-hybridized carbons (Fsp3) is 0.579. The number of ketones is 2. The molecule has 0 amide bonds. The normalized spacial score (nSPS) is 13.8. The Labute approximate surface area is 128 Å². The van der Waals surface area contributed by atoms with Crippen molar-refractivity contribution in [3.8, 4) is 0 Å². The van der Waals surface area contributed by atoms with E-state index in [0.29, 0.717) is 18.4 Å². The lowest BCUT2D eigenvalue weighted by molar-refractivity contribution is -0.127. The summed E-state index contributed by atoms with van der Waals surface area (Å²) in [6.45, 7) is 12.3. The summed E-state index contributed by atoms with van der Waals surface area (Å²) in [7, 11) is 0. The minimum Gasteiger partial charge on any atom is -0.299 e. The molecule has 0 saturated heterocycles. The van der Waals surface area contributed by atoms with Crippen LogP contribution in [0.15, 0.2) is 30.3 Å². The van der Waals surface area contributed by atoms with Gasteiger partial charge < -0.3 is 0 Å². The van der Waals surface area contributed by atoms with Gasteiger partial charge in [0.05, 0.1) is 0 Å². The highest BCUT2D eigenvalue weighted by Gasteiger charge is 2.34. The molecule has 116 valence electrons. The summed E-state index contributed by atoms with van der Waals surface area (Å²) in [5.41, 5.74) is 0.443. The molecule has 0 radical (unpaired) electrons. The molecule has 0 aliphatic heterocycles. The van der Waals surface area contributed by atoms with Gasteiger partial charge in [-0.1, -0.05) is 71.9 Å². The lowest BCUT2D eigenvalue weighted by atomic mass is 9.71. The number of Topliss-reactive ketones (excluding diaryl/α,β-unsaturated/α-hetero) is 2. The van der Waals surface area contributed by atoms with Crippen LogP contribution in [0.5, 0.6) is 0 Å². The van der Waals surface area contributed by atoms with Gasteiger partial charge in [0, 0.05) is 24.3 Å². The average Bonchev–Trinajstić information content (AvgIpc) is 2.33. The van der Waals surface area contributed by atoms with Gasteiger partial charge in [-0.3, -0.25) is 9.59 Å². The highest BCUT2D eigenvalue weighted by Crippen LogP contribution is 2.34. The maximum absolute atomic E-state index is 12.6. The average molecular weight is 288 g/mol. The first-order valence-corrected chi connectivity index (χ1v) is 7.62. The van der Waals surface area contributed by atoms with E-state index in [0.717, 1.165) is 0 Å². The molecule has 0 aromatic heterocycles. The third-order valence-corrected chi connectivity index (χ3v) is 3.62. The molecule has 1 aromatic rings. The lowest BCUT2D eigenvalue weighted by Crippen LogP contribution is -2.33. The second-order valence-corrected chi connectivity index (χ2v) is 8.12. The first-order valence-electron chi connectivity index (χ1n) is 7.62. The fourth-order valence-corrected chi connectivity index (χ4v) is 2.48. The number of hydrogen-bond donors (Lipinski definition) is 0. The third-order valence-electron chi connectivity index (χ3n) is 3.62. The van der Waals surface area contributed by atoms with Gasteiger partial charge in [0.1, 0.15) is 5.78 Å². The van der Waals surface area contributed by atoms with Gasteiger partial charge in [-0.2, -0.15) is 0 Å². The number of benzene rings is 1. The lowest BCUT2D eigenvalue weighted by Gasteiger charge is -2.31. The van der Waals surface area contributed by atoms with E-state index >= 15 is 0 Å². The predicted octanol–water partition coefficient (Wildman–Crippen LogP) is 4.93. The first-order chi connectivity index (χ1) is 9.50. The quantitative estimate of drug-likeness (QED) is 0.720. The standard InChI is InChI=1S/C19H28O2/c1-18(2,3)13-17(21)15(19(4,5)6)12-16(20)14-10-8-7-9-11-14/h7-11,15H,12-13H2,1-6H3. The van der Waals surface area contributed by atoms with Crippen molar-refractivity contribution in [2.24, 2.45) is 16.7 Å². The van der Waals surface area contributed by atoms with Crippen molar-refractivity contribution < 1.29 is 9.59 Å². The molecule has 21 heavy (non-hydrogen) atoms. The SMILES string of the molecule is CC(C)(C)CC(=O)C(CC(=O)c1ccccc1)C(C)(C)C. The van der Waals surface area contributed by atoms with Crippen LogP contribution < -0.4 is 0 Å². The van der Waals surface area contributed by atoms with Gasteiger partial charge in [0.25, 0.3) is 0 Å². The Morgan fingerprint density at radius 1 is 0.952 bits per heavy atom. The monoisotopic (exact) mass is 288 g/mol. The Kier molecular flexibility index (Phi) is 5.49. The van der Waals surface area contributed by atoms with Gasteiger partial charge in [0.15, 0.2) is 5.78 Å². The Hall–Kier alpha value is -1.44. The van der Waals surface area contributed by atoms with Crippen LogP contribution in [0.4, 0.5) is 0 Å². The molecule has 2 nitrogen and oxygen atoms in total. The van der Waals surface area contributed by atoms with Crippen molar-refractivity contribution in [3.05, 3.63) is 35.9 Å². The highest BCUT2D eigenvalue weighted by atomic mass is 16.1. The predicted molar refractivity (Wildman–Crippen MR) is 87.4 cm³/mol. The minimum atomic E-state index is -0.232. The smallest absolute Gasteiger partial charge is 0.163 e. The molecular weight excluding hydrogens is 260 g/mol. The third kappa shape index (κ3) is 5.82. The van der Waals surface area contributed by atoms with Crippen molar-refractivity contribution >= 4 is 11.6 Å². The van der Waals surface area contributed by atoms with Gasteiger partial charge in [0.2, 0.25) is 0 Å². The van der Waals surface area contributed by atoms with Crippen LogP contribution in [0, 0.1) is 16.7 Å². The molecule has 1 aromatic carbocycles. The van der Waals surface area contributed by atoms with Crippen LogP contribution in [0.2, 0.25) is 0 Å². The van der Waals surface area contributed by atoms with E-state index in [-0.39, 0.29) is 28.3 Å². The molecular formula is C19H28O2. The molecule has 0 saturated carbocycles. The number of hydrogen-bond acceptors (Lipinski definition) is 2. The summed E-state index contributed by atoms with van der Waals surface area (Å²) in [4.78, 5) is 25.0. The largest absolute Gasteiger partial charge is 0.299 e. The maximum Gasteiger partial charge on any atom is 0.163 e. The van der Waals surface area contributed by atoms with Gasteiger partial charge in [-0.25, -0.2) is 0 Å². The summed E-state index contributed by atoms with van der Waals surface area (Å²) in [5.74, 6) is 0.0153. The molecule has 0 heterocycles. The van der Waals surface area contributed by atoms with Crippen LogP contribution in [0.25, 0.3) is 0 Å². The van der Waals surface area contributed by atoms with Crippen LogP contribution in [-0.4, -0.2) is 11.6 Å². The maximum atomic E-state index is 12.6. The van der Waals surface area contributed by atoms with Crippen LogP contribution in [-0.2, 0) is 4.79 Å². The van der Waals surface area contributed by atoms with Crippen molar-refractivity contribution in [2.45, 2.75) is 54.4 Å². The Morgan fingerprint density at radius 3 is 1.90 bits per heavy atom. The second-order valence-electron chi connectivity index (χ2n) is 8.12. The summed E-state index contributed by atoms with van der Waals surface area (Å²) in [6, 6.07) is 9.24. The number of rotatable bonds is 5. The highest BCUT2D eigenvalue weighted by molar-refractivity contribution is 5.99. The zero-order valence-corrected chi connectivity index (χ0v) is 14.2. The molecule has 0 aliphatic rings. The van der Waals surface area contributed by atoms with Crippen molar-refractivity contribution in [1.82, 2.24) is 0 Å². The molecule has 0 spiro atoms. The summed E-state index contributed by atoms with van der Waals surface area (Å²) in [5, 5.41) is 0. The van der Waals surface area contributed by atoms with Crippen LogP contribution >= 0.6 is 0 Å². The Morgan fingerprint density at radius 2 is 1.48 bits per heavy atom. The van der Waals surface area contributed by atoms with Crippen molar-refractivity contribution in [1.29, 1.82) is 0 Å². The summed E-state index contributed by atoms with van der Waals surface area (Å²) in [6.07, 6.45) is 0.805. The van der Waals surface area contributed by atoms with E-state index in [4.69, 9.17) is 0 Å². The van der Waals surface area contributed by atoms with E-state index in [1.165, 1.54) is 0 Å². The van der Waals surface area contributed by atoms with Gasteiger partial charge in [-0.05, 0) is 10.8 Å². The van der Waals surface area contributed by atoms with Crippen LogP contribution in [0.3, 0.4) is 0 Å². The Balaban J connectivity index is 2.90. The number of carbonyl (C=O) groups is 2. The number of carbonyl (C=O) groups excluding carboxylic acids is 2. The molecule has 2 heteroatoms. The molecule has 1 atom stereocenters. The second kappa shape index (κ2) is 6.55. The van der Waals surface area contributed by atoms with E-state index in [2.05, 4.69) is 20.8 Å². The van der Waals surface area contributed by atoms with E-state index < -0.39 is 0 Å². The van der Waals surface area contributed by atoms with Gasteiger partial charge >= 0.3 is 0 Å². The molecule has 0 fully saturated rings. The fourth-order valence-electron chi connectivity index (χ4n) is 2.48. The topological polar surface area (TPSA) is 34.1 Å². The summed E-state index contributed by atoms with van der Waals surface area (Å²) < 4.78 is 0. The molecule has 1 unspecified atom stereocenters. The van der Waals surface area contributed by atoms with Gasteiger partial charge in [-0.15, -0.1) is 0 Å². The van der Waals surface area contributed by atoms with Crippen molar-refractivity contribution in [3.63, 3.8) is 0 Å². The van der Waals surface area contributed by atoms with E-state index in [1.807, 2.05) is 51.1 Å². The molecule has 0 aliphatic carbocycles. The van der Waals surface area contributed by atoms with Crippen molar-refractivity contribution in [2.75, 3.05) is 0 Å². The van der Waals surface area contributed by atoms with E-state index in [9.17, 15) is 9.59 Å². The Bertz CT molecular complexity index is 487. The molecule has 0 bridgehead atoms. The molecule has 1 rings (SSSR count). The zero-order valence-electron chi connectivity index (χ0n) is 14.2. The first kappa shape index (κ1) is 17.6. The molecule has 0 N–H and O–H groups in total. The zero-order chi connectivity index (χ0) is 16.3. The summed E-state index contributed by atoms with van der Waals surface area (Å²) >= 11 is 0. The van der Waals surface area contributed by atoms with E-state index in [1.54, 1.807) is 0 Å². The van der Waals surface area contributed by atoms with Crippen LogP contribution in [0.1, 0.15) is 64.7 Å².